The molecule has 12 heteroatoms. The van der Waals surface area contributed by atoms with Crippen molar-refractivity contribution in [3.05, 3.63) is 35.9 Å². The van der Waals surface area contributed by atoms with Crippen LogP contribution in [0.25, 0.3) is 11.4 Å². The Morgan fingerprint density at radius 1 is 1.26 bits per heavy atom. The molecule has 2 aromatic heterocycles. The number of anilines is 3. The van der Waals surface area contributed by atoms with Crippen molar-refractivity contribution in [3.8, 4) is 17.1 Å². The first kappa shape index (κ1) is 20.3. The Morgan fingerprint density at radius 3 is 2.80 bits per heavy atom. The minimum atomic E-state index is -2.75. The summed E-state index contributed by atoms with van der Waals surface area (Å²) in [6.45, 7) is 1.17. The Balaban J connectivity index is 1.67. The highest BCUT2D eigenvalue weighted by atomic mass is 16.5. The van der Waals surface area contributed by atoms with E-state index in [9.17, 15) is 9.59 Å². The van der Waals surface area contributed by atoms with Gasteiger partial charge in [-0.15, -0.1) is 10.2 Å². The summed E-state index contributed by atoms with van der Waals surface area (Å²) in [6, 6.07) is 6.48. The minimum absolute atomic E-state index is 0.0166. The Bertz CT molecular complexity index is 1320. The summed E-state index contributed by atoms with van der Waals surface area (Å²) in [5, 5.41) is 19.4. The Kier molecular flexibility index (Phi) is 6.08. The monoisotopic (exact) mass is 484 g/mol. The average Bonchev–Trinajstić information content (AvgIpc) is 3.59. The molecule has 3 aromatic rings. The molecule has 1 fully saturated rings. The molecular weight excluding hydrogens is 454 g/mol. The number of aromatic nitrogens is 4. The molecule has 0 unspecified atom stereocenters. The van der Waals surface area contributed by atoms with Gasteiger partial charge in [-0.2, -0.15) is 4.98 Å². The summed E-state index contributed by atoms with van der Waals surface area (Å²) >= 11 is 0. The molecule has 1 saturated carbocycles. The first-order valence-corrected chi connectivity index (χ1v) is 10.9. The van der Waals surface area contributed by atoms with E-state index in [2.05, 4.69) is 31.0 Å². The van der Waals surface area contributed by atoms with Crippen LogP contribution in [0.1, 0.15) is 47.2 Å². The number of ether oxygens (including phenoxy) is 2. The molecule has 184 valence electrons. The standard InChI is InChI=1S/C23H27N7O5/c1-12(2)34-11-18-27-21(30-35-18)14-6-5-7-15(20(14)33-4)25-16-10-17(26-22(31)13-8-9-13)28-29-19(16)23(32)24-3/h5-7,10,12-13H,8-9,11H2,1-4H3,(H,24,32)(H2,25,26,28,31)/i3D3. The van der Waals surface area contributed by atoms with Gasteiger partial charge in [0.15, 0.2) is 17.3 Å². The van der Waals surface area contributed by atoms with E-state index in [1.807, 2.05) is 19.2 Å². The molecule has 2 heterocycles. The van der Waals surface area contributed by atoms with Gasteiger partial charge in [0.25, 0.3) is 11.8 Å². The topological polar surface area (TPSA) is 153 Å². The number of carbonyl (C=O) groups excluding carboxylic acids is 2. The van der Waals surface area contributed by atoms with Crippen molar-refractivity contribution < 1.29 is 27.7 Å². The van der Waals surface area contributed by atoms with E-state index in [4.69, 9.17) is 18.1 Å². The minimum Gasteiger partial charge on any atom is -0.494 e. The fourth-order valence-corrected chi connectivity index (χ4v) is 3.19. The molecule has 35 heavy (non-hydrogen) atoms. The van der Waals surface area contributed by atoms with Crippen LogP contribution in [0.3, 0.4) is 0 Å². The maximum absolute atomic E-state index is 12.7. The van der Waals surface area contributed by atoms with Gasteiger partial charge in [0.2, 0.25) is 11.7 Å². The molecule has 1 aromatic carbocycles. The zero-order chi connectivity index (χ0) is 27.4. The molecule has 0 spiro atoms. The lowest BCUT2D eigenvalue weighted by Crippen LogP contribution is -2.22. The van der Waals surface area contributed by atoms with Gasteiger partial charge < -0.3 is 29.9 Å². The highest BCUT2D eigenvalue weighted by Gasteiger charge is 2.30. The number of benzene rings is 1. The maximum atomic E-state index is 12.7. The van der Waals surface area contributed by atoms with Crippen LogP contribution in [0.4, 0.5) is 17.2 Å². The molecule has 0 radical (unpaired) electrons. The average molecular weight is 485 g/mol. The molecule has 12 nitrogen and oxygen atoms in total. The summed E-state index contributed by atoms with van der Waals surface area (Å²) in [4.78, 5) is 29.3. The Morgan fingerprint density at radius 2 is 2.09 bits per heavy atom. The largest absolute Gasteiger partial charge is 0.494 e. The van der Waals surface area contributed by atoms with Crippen molar-refractivity contribution in [2.24, 2.45) is 5.92 Å². The number of nitrogens with one attached hydrogen (secondary N) is 3. The van der Waals surface area contributed by atoms with Gasteiger partial charge in [0.1, 0.15) is 6.61 Å². The van der Waals surface area contributed by atoms with Crippen LogP contribution >= 0.6 is 0 Å². The number of rotatable bonds is 10. The third kappa shape index (κ3) is 5.72. The van der Waals surface area contributed by atoms with E-state index in [0.29, 0.717) is 17.0 Å². The van der Waals surface area contributed by atoms with E-state index < -0.39 is 12.9 Å². The third-order valence-electron chi connectivity index (χ3n) is 5.06. The van der Waals surface area contributed by atoms with Crippen LogP contribution in [0, 0.1) is 5.92 Å². The molecular formula is C23H27N7O5. The van der Waals surface area contributed by atoms with Crippen molar-refractivity contribution in [2.45, 2.75) is 39.4 Å². The van der Waals surface area contributed by atoms with Crippen LogP contribution in [0.15, 0.2) is 28.8 Å². The molecule has 0 atom stereocenters. The molecule has 3 N–H and O–H groups in total. The molecule has 0 aliphatic heterocycles. The second kappa shape index (κ2) is 10.5. The Hall–Kier alpha value is -4.06. The number of hydrogen-bond acceptors (Lipinski definition) is 10. The zero-order valence-corrected chi connectivity index (χ0v) is 19.4. The van der Waals surface area contributed by atoms with Gasteiger partial charge in [-0.1, -0.05) is 11.2 Å². The summed E-state index contributed by atoms with van der Waals surface area (Å²) < 4.78 is 38.5. The first-order chi connectivity index (χ1) is 18.0. The SMILES string of the molecule is [2H]C([2H])([2H])NC(=O)c1nnc(NC(=O)C2CC2)cc1Nc1cccc(-c2noc(COC(C)C)n2)c1OC. The molecule has 0 saturated heterocycles. The number of methoxy groups -OCH3 is 1. The van der Waals surface area contributed by atoms with Gasteiger partial charge >= 0.3 is 0 Å². The summed E-state index contributed by atoms with van der Waals surface area (Å²) in [6.07, 6.45) is 1.56. The lowest BCUT2D eigenvalue weighted by Gasteiger charge is -2.16. The fraction of sp³-hybridized carbons (Fsp3) is 0.391. The van der Waals surface area contributed by atoms with Gasteiger partial charge in [-0.25, -0.2) is 0 Å². The van der Waals surface area contributed by atoms with Crippen LogP contribution in [0.5, 0.6) is 5.75 Å². The van der Waals surface area contributed by atoms with Crippen molar-refractivity contribution >= 4 is 29.0 Å². The summed E-state index contributed by atoms with van der Waals surface area (Å²) in [7, 11) is 1.45. The molecule has 1 aliphatic rings. The second-order valence-electron chi connectivity index (χ2n) is 8.09. The van der Waals surface area contributed by atoms with Gasteiger partial charge in [-0.3, -0.25) is 9.59 Å². The molecule has 0 bridgehead atoms. The number of amides is 2. The van der Waals surface area contributed by atoms with E-state index in [1.54, 1.807) is 18.2 Å². The van der Waals surface area contributed by atoms with E-state index in [-0.39, 0.29) is 53.5 Å². The number of para-hydroxylation sites is 1. The van der Waals surface area contributed by atoms with Gasteiger partial charge in [0.05, 0.1) is 30.2 Å². The van der Waals surface area contributed by atoms with Crippen molar-refractivity contribution in [1.29, 1.82) is 0 Å². The van der Waals surface area contributed by atoms with Gasteiger partial charge in [0, 0.05) is 23.1 Å². The molecule has 1 aliphatic carbocycles. The second-order valence-corrected chi connectivity index (χ2v) is 8.09. The summed E-state index contributed by atoms with van der Waals surface area (Å²) in [5.41, 5.74) is 0.646. The smallest absolute Gasteiger partial charge is 0.273 e. The van der Waals surface area contributed by atoms with E-state index in [0.717, 1.165) is 12.8 Å². The van der Waals surface area contributed by atoms with Crippen LogP contribution in [-0.4, -0.2) is 52.3 Å². The predicted molar refractivity (Wildman–Crippen MR) is 126 cm³/mol. The fourth-order valence-electron chi connectivity index (χ4n) is 3.19. The van der Waals surface area contributed by atoms with Gasteiger partial charge in [-0.05, 0) is 38.8 Å². The van der Waals surface area contributed by atoms with Crippen molar-refractivity contribution in [1.82, 2.24) is 25.7 Å². The molecule has 2 amide bonds. The summed E-state index contributed by atoms with van der Waals surface area (Å²) in [5.74, 6) is -0.341. The maximum Gasteiger partial charge on any atom is 0.273 e. The highest BCUT2D eigenvalue weighted by Crippen LogP contribution is 2.37. The normalized spacial score (nSPS) is 14.6. The van der Waals surface area contributed by atoms with Crippen molar-refractivity contribution in [3.63, 3.8) is 0 Å². The lowest BCUT2D eigenvalue weighted by atomic mass is 10.1. The lowest BCUT2D eigenvalue weighted by molar-refractivity contribution is -0.117. The predicted octanol–water partition coefficient (Wildman–Crippen LogP) is 2.91. The zero-order valence-electron chi connectivity index (χ0n) is 22.4. The number of carbonyl (C=O) groups is 2. The van der Waals surface area contributed by atoms with Crippen LogP contribution in [-0.2, 0) is 16.1 Å². The van der Waals surface area contributed by atoms with E-state index in [1.165, 1.54) is 13.2 Å². The van der Waals surface area contributed by atoms with E-state index >= 15 is 0 Å². The Labute approximate surface area is 206 Å². The quantitative estimate of drug-likeness (QED) is 0.391. The van der Waals surface area contributed by atoms with Crippen LogP contribution < -0.4 is 20.7 Å². The third-order valence-corrected chi connectivity index (χ3v) is 5.06. The molecule has 4 rings (SSSR count). The highest BCUT2D eigenvalue weighted by molar-refractivity contribution is 6.00. The van der Waals surface area contributed by atoms with Crippen molar-refractivity contribution in [2.75, 3.05) is 24.7 Å². The number of nitrogens with zero attached hydrogens (tertiary/aromatic N) is 4. The van der Waals surface area contributed by atoms with Crippen LogP contribution in [0.2, 0.25) is 0 Å². The number of hydrogen-bond donors (Lipinski definition) is 3. The first-order valence-electron chi connectivity index (χ1n) is 12.4.